The van der Waals surface area contributed by atoms with E-state index in [9.17, 15) is 23.1 Å². The Bertz CT molecular complexity index is 1660. The van der Waals surface area contributed by atoms with Gasteiger partial charge in [0.2, 0.25) is 5.82 Å². The number of alkyl halides is 3. The summed E-state index contributed by atoms with van der Waals surface area (Å²) in [5.41, 5.74) is 4.64. The van der Waals surface area contributed by atoms with Crippen LogP contribution in [0.25, 0.3) is 45.0 Å². The summed E-state index contributed by atoms with van der Waals surface area (Å²) in [6.07, 6.45) is -1.76. The second-order valence-corrected chi connectivity index (χ2v) is 9.04. The number of nitrogens with zero attached hydrogens (tertiary/aromatic N) is 3. The number of ether oxygens (including phenoxy) is 1. The molecule has 0 fully saturated rings. The van der Waals surface area contributed by atoms with Crippen molar-refractivity contribution < 1.29 is 32.3 Å². The lowest BCUT2D eigenvalue weighted by Crippen LogP contribution is -2.17. The monoisotopic (exact) mass is 520 g/mol. The van der Waals surface area contributed by atoms with Gasteiger partial charge in [-0.05, 0) is 66.9 Å². The number of H-pyrrole nitrogens is 1. The maximum Gasteiger partial charge on any atom is 0.573 e. The highest BCUT2D eigenvalue weighted by Gasteiger charge is 2.32. The summed E-state index contributed by atoms with van der Waals surface area (Å²) < 4.78 is 48.6. The Morgan fingerprint density at radius 2 is 1.95 bits per heavy atom. The smallest absolute Gasteiger partial charge is 0.481 e. The molecule has 1 atom stereocenters. The molecule has 0 spiro atoms. The Labute approximate surface area is 213 Å². The number of rotatable bonds is 6. The van der Waals surface area contributed by atoms with E-state index in [-0.39, 0.29) is 29.6 Å². The first kappa shape index (κ1) is 23.7. The van der Waals surface area contributed by atoms with Gasteiger partial charge in [-0.3, -0.25) is 9.78 Å². The van der Waals surface area contributed by atoms with E-state index in [1.165, 1.54) is 18.3 Å². The molecule has 1 aliphatic carbocycles. The van der Waals surface area contributed by atoms with E-state index in [0.717, 1.165) is 35.0 Å². The van der Waals surface area contributed by atoms with E-state index in [4.69, 9.17) is 4.52 Å². The molecule has 6 rings (SSSR count). The average molecular weight is 520 g/mol. The molecule has 1 unspecified atom stereocenters. The van der Waals surface area contributed by atoms with Crippen molar-refractivity contribution in [3.05, 3.63) is 72.1 Å². The number of hydrogen-bond donors (Lipinski definition) is 2. The highest BCUT2D eigenvalue weighted by molar-refractivity contribution is 5.89. The van der Waals surface area contributed by atoms with E-state index in [1.807, 2.05) is 12.1 Å². The third-order valence-electron chi connectivity index (χ3n) is 6.54. The summed E-state index contributed by atoms with van der Waals surface area (Å²) in [5, 5.41) is 14.2. The van der Waals surface area contributed by atoms with Gasteiger partial charge in [0.25, 0.3) is 5.89 Å². The van der Waals surface area contributed by atoms with Crippen molar-refractivity contribution in [2.24, 2.45) is 0 Å². The molecule has 1 aliphatic rings. The summed E-state index contributed by atoms with van der Waals surface area (Å²) in [7, 11) is 0. The first-order valence-electron chi connectivity index (χ1n) is 11.8. The van der Waals surface area contributed by atoms with Crippen LogP contribution in [0.5, 0.6) is 5.75 Å². The number of halogens is 3. The van der Waals surface area contributed by atoms with E-state index in [2.05, 4.69) is 24.8 Å². The lowest BCUT2D eigenvalue weighted by molar-refractivity contribution is -0.274. The number of carbonyl (C=O) groups is 1. The number of aromatic amines is 1. The molecule has 2 N–H and O–H groups in total. The number of aromatic nitrogens is 4. The zero-order valence-electron chi connectivity index (χ0n) is 19.6. The fourth-order valence-corrected chi connectivity index (χ4v) is 4.96. The Hall–Kier alpha value is -4.67. The second kappa shape index (κ2) is 9.02. The first-order valence-corrected chi connectivity index (χ1v) is 11.8. The third-order valence-corrected chi connectivity index (χ3v) is 6.54. The highest BCUT2D eigenvalue weighted by atomic mass is 19.4. The Kier molecular flexibility index (Phi) is 5.63. The lowest BCUT2D eigenvalue weighted by Gasteiger charge is -2.11. The molecular weight excluding hydrogens is 501 g/mol. The minimum absolute atomic E-state index is 0.0192. The number of benzene rings is 2. The minimum Gasteiger partial charge on any atom is -0.481 e. The zero-order chi connectivity index (χ0) is 26.4. The first-order chi connectivity index (χ1) is 18.2. The van der Waals surface area contributed by atoms with Crippen LogP contribution in [-0.2, 0) is 11.2 Å². The zero-order valence-corrected chi connectivity index (χ0v) is 19.6. The van der Waals surface area contributed by atoms with Crippen molar-refractivity contribution >= 4 is 16.9 Å². The predicted molar refractivity (Wildman–Crippen MR) is 130 cm³/mol. The summed E-state index contributed by atoms with van der Waals surface area (Å²) in [5.74, 6) is -1.05. The van der Waals surface area contributed by atoms with Crippen molar-refractivity contribution in [1.82, 2.24) is 20.1 Å². The number of carboxylic acids is 1. The Morgan fingerprint density at radius 3 is 2.71 bits per heavy atom. The standard InChI is InChI=1S/C27H19F3N4O4/c28-27(29,30)37-18-10-16(21-3-1-2-8-31-21)9-17(11-18)26-33-25(34-38-26)15-5-7-22-20(12-15)19-6-4-14(13-23(35)36)24(19)32-22/h1-3,5,7-12,14,32H,4,6,13H2,(H,35,36). The molecule has 11 heteroatoms. The van der Waals surface area contributed by atoms with Gasteiger partial charge < -0.3 is 19.4 Å². The third kappa shape index (κ3) is 4.58. The van der Waals surface area contributed by atoms with Crippen LogP contribution in [0, 0.1) is 0 Å². The van der Waals surface area contributed by atoms with Crippen molar-refractivity contribution in [3.8, 4) is 39.8 Å². The van der Waals surface area contributed by atoms with Gasteiger partial charge in [0.05, 0.1) is 12.1 Å². The normalized spacial score (nSPS) is 15.1. The fraction of sp³-hybridized carbons (Fsp3) is 0.185. The van der Waals surface area contributed by atoms with Crippen LogP contribution in [0.1, 0.15) is 30.0 Å². The average Bonchev–Trinajstić information content (AvgIpc) is 3.59. The van der Waals surface area contributed by atoms with Crippen molar-refractivity contribution in [1.29, 1.82) is 0 Å². The number of aryl methyl sites for hydroxylation is 1. The second-order valence-electron chi connectivity index (χ2n) is 9.04. The topological polar surface area (TPSA) is 114 Å². The Balaban J connectivity index is 1.36. The van der Waals surface area contributed by atoms with E-state index in [1.54, 1.807) is 30.3 Å². The molecule has 3 aromatic heterocycles. The van der Waals surface area contributed by atoms with Crippen LogP contribution in [0.3, 0.4) is 0 Å². The van der Waals surface area contributed by atoms with Crippen molar-refractivity contribution in [3.63, 3.8) is 0 Å². The van der Waals surface area contributed by atoms with Gasteiger partial charge in [0, 0.05) is 45.4 Å². The van der Waals surface area contributed by atoms with E-state index >= 15 is 0 Å². The predicted octanol–water partition coefficient (Wildman–Crippen LogP) is 6.35. The largest absolute Gasteiger partial charge is 0.573 e. The summed E-state index contributed by atoms with van der Waals surface area (Å²) in [6.45, 7) is 0. The molecule has 192 valence electrons. The van der Waals surface area contributed by atoms with Crippen LogP contribution in [-0.4, -0.2) is 37.5 Å². The molecule has 0 bridgehead atoms. The number of pyridine rings is 1. The summed E-state index contributed by atoms with van der Waals surface area (Å²) >= 11 is 0. The molecule has 38 heavy (non-hydrogen) atoms. The van der Waals surface area contributed by atoms with Gasteiger partial charge in [-0.2, -0.15) is 4.98 Å². The summed E-state index contributed by atoms with van der Waals surface area (Å²) in [4.78, 5) is 23.2. The number of hydrogen-bond acceptors (Lipinski definition) is 6. The van der Waals surface area contributed by atoms with E-state index < -0.39 is 18.1 Å². The molecule has 0 aliphatic heterocycles. The molecule has 0 saturated carbocycles. The van der Waals surface area contributed by atoms with Gasteiger partial charge in [-0.25, -0.2) is 0 Å². The van der Waals surface area contributed by atoms with Crippen LogP contribution >= 0.6 is 0 Å². The summed E-state index contributed by atoms with van der Waals surface area (Å²) in [6, 6.07) is 14.7. The number of aliphatic carboxylic acids is 1. The van der Waals surface area contributed by atoms with E-state index in [0.29, 0.717) is 16.8 Å². The Morgan fingerprint density at radius 1 is 1.11 bits per heavy atom. The number of fused-ring (bicyclic) bond motifs is 3. The van der Waals surface area contributed by atoms with Gasteiger partial charge in [-0.15, -0.1) is 13.2 Å². The quantitative estimate of drug-likeness (QED) is 0.268. The van der Waals surface area contributed by atoms with Gasteiger partial charge in [-0.1, -0.05) is 11.2 Å². The van der Waals surface area contributed by atoms with Crippen LogP contribution < -0.4 is 4.74 Å². The number of carboxylic acid groups (broad SMARTS) is 1. The van der Waals surface area contributed by atoms with Crippen LogP contribution in [0.4, 0.5) is 13.2 Å². The molecule has 0 saturated heterocycles. The molecule has 2 aromatic carbocycles. The highest BCUT2D eigenvalue weighted by Crippen LogP contribution is 2.40. The SMILES string of the molecule is O=C(O)CC1CCc2c1[nH]c1ccc(-c3noc(-c4cc(OC(F)(F)F)cc(-c5ccccn5)c4)n3)cc21. The van der Waals surface area contributed by atoms with Gasteiger partial charge >= 0.3 is 12.3 Å². The maximum atomic E-state index is 13.0. The fourth-order valence-electron chi connectivity index (χ4n) is 4.96. The molecule has 8 nitrogen and oxygen atoms in total. The van der Waals surface area contributed by atoms with Crippen molar-refractivity contribution in [2.45, 2.75) is 31.5 Å². The molecule has 0 amide bonds. The molecular formula is C27H19F3N4O4. The molecule has 5 aromatic rings. The van der Waals surface area contributed by atoms with Crippen LogP contribution in [0.15, 0.2) is 65.3 Å². The number of nitrogens with one attached hydrogen (secondary N) is 1. The van der Waals surface area contributed by atoms with Crippen molar-refractivity contribution in [2.75, 3.05) is 0 Å². The maximum absolute atomic E-state index is 13.0. The van der Waals surface area contributed by atoms with Gasteiger partial charge in [0.1, 0.15) is 5.75 Å². The van der Waals surface area contributed by atoms with Gasteiger partial charge in [0.15, 0.2) is 0 Å². The molecule has 0 radical (unpaired) electrons. The molecule has 3 heterocycles. The van der Waals surface area contributed by atoms with Crippen LogP contribution in [0.2, 0.25) is 0 Å². The lowest BCUT2D eigenvalue weighted by atomic mass is 10.0. The minimum atomic E-state index is -4.88.